The molecule has 6 heteroatoms. The van der Waals surface area contributed by atoms with Crippen molar-refractivity contribution in [1.29, 1.82) is 0 Å². The Morgan fingerprint density at radius 3 is 2.54 bits per heavy atom. The number of rotatable bonds is 5. The Labute approximate surface area is 160 Å². The van der Waals surface area contributed by atoms with E-state index in [9.17, 15) is 8.42 Å². The number of sulfone groups is 1. The van der Waals surface area contributed by atoms with Crippen LogP contribution in [-0.2, 0) is 19.0 Å². The van der Waals surface area contributed by atoms with E-state index in [0.717, 1.165) is 5.56 Å². The molecular formula is C20H34O4SSi. The molecule has 0 saturated carbocycles. The molecule has 2 unspecified atom stereocenters. The lowest BCUT2D eigenvalue weighted by atomic mass is 9.97. The molecule has 2 atom stereocenters. The first-order valence-corrected chi connectivity index (χ1v) is 13.7. The summed E-state index contributed by atoms with van der Waals surface area (Å²) in [5.41, 5.74) is 0.958. The van der Waals surface area contributed by atoms with Gasteiger partial charge < -0.3 is 9.16 Å². The average molecular weight is 399 g/mol. The summed E-state index contributed by atoms with van der Waals surface area (Å²) in [5, 5.41) is 0.124. The fourth-order valence-corrected chi connectivity index (χ4v) is 5.98. The third-order valence-corrected chi connectivity index (χ3v) is 13.1. The summed E-state index contributed by atoms with van der Waals surface area (Å²) < 4.78 is 37.9. The Bertz CT molecular complexity index is 736. The third-order valence-electron chi connectivity index (χ3n) is 6.03. The summed E-state index contributed by atoms with van der Waals surface area (Å²) in [6.07, 6.45) is 0.806. The van der Waals surface area contributed by atoms with Crippen molar-refractivity contribution in [1.82, 2.24) is 0 Å². The highest BCUT2D eigenvalue weighted by Crippen LogP contribution is 2.39. The molecule has 0 radical (unpaired) electrons. The van der Waals surface area contributed by atoms with Crippen LogP contribution in [0.4, 0.5) is 0 Å². The number of aryl methyl sites for hydroxylation is 1. The van der Waals surface area contributed by atoms with Gasteiger partial charge in [-0.1, -0.05) is 32.9 Å². The minimum Gasteiger partial charge on any atom is -0.414 e. The van der Waals surface area contributed by atoms with E-state index in [2.05, 4.69) is 33.9 Å². The monoisotopic (exact) mass is 398 g/mol. The summed E-state index contributed by atoms with van der Waals surface area (Å²) >= 11 is 0. The maximum atomic E-state index is 13.3. The Kier molecular flexibility index (Phi) is 6.13. The van der Waals surface area contributed by atoms with Crippen LogP contribution in [0, 0.1) is 6.92 Å². The Balaban J connectivity index is 2.16. The molecule has 1 fully saturated rings. The molecule has 0 amide bonds. The van der Waals surface area contributed by atoms with Gasteiger partial charge in [0.25, 0.3) is 0 Å². The van der Waals surface area contributed by atoms with Gasteiger partial charge in [-0.3, -0.25) is 0 Å². The normalized spacial score (nSPS) is 25.3. The fourth-order valence-electron chi connectivity index (χ4n) is 3.02. The van der Waals surface area contributed by atoms with E-state index < -0.39 is 22.9 Å². The molecular weight excluding hydrogens is 364 g/mol. The van der Waals surface area contributed by atoms with Gasteiger partial charge in [-0.2, -0.15) is 0 Å². The zero-order chi connectivity index (χ0) is 19.8. The number of hydrogen-bond donors (Lipinski definition) is 0. The molecule has 1 aromatic rings. The summed E-state index contributed by atoms with van der Waals surface area (Å²) in [7, 11) is -5.31. The zero-order valence-corrected chi connectivity index (χ0v) is 19.1. The molecule has 4 nitrogen and oxygen atoms in total. The Morgan fingerprint density at radius 1 is 1.31 bits per heavy atom. The maximum Gasteiger partial charge on any atom is 0.192 e. The van der Waals surface area contributed by atoms with Crippen molar-refractivity contribution < 1.29 is 17.6 Å². The first-order valence-electron chi connectivity index (χ1n) is 9.35. The maximum absolute atomic E-state index is 13.3. The summed E-state index contributed by atoms with van der Waals surface area (Å²) in [4.78, 5) is 0.408. The van der Waals surface area contributed by atoms with Crippen LogP contribution in [0.25, 0.3) is 0 Å². The highest BCUT2D eigenvalue weighted by Gasteiger charge is 2.45. The van der Waals surface area contributed by atoms with Crippen LogP contribution in [0.1, 0.15) is 46.1 Å². The smallest absolute Gasteiger partial charge is 0.192 e. The molecule has 1 saturated heterocycles. The van der Waals surface area contributed by atoms with Crippen molar-refractivity contribution in [3.8, 4) is 0 Å². The van der Waals surface area contributed by atoms with E-state index in [-0.39, 0.29) is 11.1 Å². The van der Waals surface area contributed by atoms with Crippen molar-refractivity contribution in [2.75, 3.05) is 13.2 Å². The Hall–Kier alpha value is -0.693. The minimum absolute atomic E-state index is 0.124. The first kappa shape index (κ1) is 21.6. The summed E-state index contributed by atoms with van der Waals surface area (Å²) in [5.74, 6) is 0. The van der Waals surface area contributed by atoms with Crippen molar-refractivity contribution in [3.63, 3.8) is 0 Å². The van der Waals surface area contributed by atoms with Crippen LogP contribution in [0.5, 0.6) is 0 Å². The average Bonchev–Trinajstić information content (AvgIpc) is 2.52. The molecule has 0 aromatic heterocycles. The lowest BCUT2D eigenvalue weighted by Gasteiger charge is -2.41. The van der Waals surface area contributed by atoms with Crippen LogP contribution < -0.4 is 0 Å². The van der Waals surface area contributed by atoms with Gasteiger partial charge in [-0.25, -0.2) is 8.42 Å². The van der Waals surface area contributed by atoms with Crippen molar-refractivity contribution in [3.05, 3.63) is 29.8 Å². The largest absolute Gasteiger partial charge is 0.414 e. The third kappa shape index (κ3) is 4.41. The SMILES string of the molecule is Cc1cccc(S(=O)(=O)C2(C)CCOC(CO[Si](C)(C)C(C)(C)C)C2)c1. The molecule has 2 rings (SSSR count). The second-order valence-electron chi connectivity index (χ2n) is 9.29. The van der Waals surface area contributed by atoms with Gasteiger partial charge in [0, 0.05) is 6.61 Å². The predicted molar refractivity (Wildman–Crippen MR) is 109 cm³/mol. The number of hydrogen-bond acceptors (Lipinski definition) is 4. The lowest BCUT2D eigenvalue weighted by molar-refractivity contribution is -0.0259. The molecule has 1 heterocycles. The molecule has 148 valence electrons. The molecule has 1 aromatic carbocycles. The molecule has 0 aliphatic carbocycles. The van der Waals surface area contributed by atoms with Gasteiger partial charge in [0.2, 0.25) is 0 Å². The van der Waals surface area contributed by atoms with Crippen molar-refractivity contribution >= 4 is 18.2 Å². The van der Waals surface area contributed by atoms with E-state index in [1.54, 1.807) is 12.1 Å². The van der Waals surface area contributed by atoms with E-state index in [1.807, 2.05) is 26.0 Å². The molecule has 26 heavy (non-hydrogen) atoms. The van der Waals surface area contributed by atoms with E-state index in [4.69, 9.17) is 9.16 Å². The molecule has 0 bridgehead atoms. The standard InChI is InChI=1S/C20H34O4SSi/c1-16-9-8-10-18(13-16)25(21,22)20(5)11-12-23-17(14-20)15-24-26(6,7)19(2,3)4/h8-10,13,17H,11-12,14-15H2,1-7H3. The van der Waals surface area contributed by atoms with E-state index in [1.165, 1.54) is 0 Å². The van der Waals surface area contributed by atoms with Crippen LogP contribution in [0.3, 0.4) is 0 Å². The van der Waals surface area contributed by atoms with Crippen LogP contribution in [0.2, 0.25) is 18.1 Å². The predicted octanol–water partition coefficient (Wildman–Crippen LogP) is 4.73. The second kappa shape index (κ2) is 7.38. The van der Waals surface area contributed by atoms with Gasteiger partial charge >= 0.3 is 0 Å². The number of benzene rings is 1. The topological polar surface area (TPSA) is 52.6 Å². The highest BCUT2D eigenvalue weighted by atomic mass is 32.2. The van der Waals surface area contributed by atoms with Gasteiger partial charge in [-0.15, -0.1) is 0 Å². The Morgan fingerprint density at radius 2 is 1.96 bits per heavy atom. The van der Waals surface area contributed by atoms with Crippen molar-refractivity contribution in [2.24, 2.45) is 0 Å². The van der Waals surface area contributed by atoms with Gasteiger partial charge in [0.15, 0.2) is 18.2 Å². The number of ether oxygens (including phenoxy) is 1. The van der Waals surface area contributed by atoms with Crippen LogP contribution in [-0.4, -0.2) is 40.8 Å². The fraction of sp³-hybridized carbons (Fsp3) is 0.700. The minimum atomic E-state index is -3.42. The zero-order valence-electron chi connectivity index (χ0n) is 17.3. The summed E-state index contributed by atoms with van der Waals surface area (Å²) in [6, 6.07) is 7.19. The van der Waals surface area contributed by atoms with Crippen molar-refractivity contribution in [2.45, 2.75) is 81.3 Å². The second-order valence-corrected chi connectivity index (χ2v) is 16.6. The van der Waals surface area contributed by atoms with E-state index >= 15 is 0 Å². The van der Waals surface area contributed by atoms with Crippen LogP contribution in [0.15, 0.2) is 29.2 Å². The lowest BCUT2D eigenvalue weighted by Crippen LogP contribution is -2.48. The quantitative estimate of drug-likeness (QED) is 0.673. The van der Waals surface area contributed by atoms with Gasteiger partial charge in [0.1, 0.15) is 0 Å². The summed E-state index contributed by atoms with van der Waals surface area (Å²) in [6.45, 7) is 15.7. The van der Waals surface area contributed by atoms with Crippen LogP contribution >= 0.6 is 0 Å². The van der Waals surface area contributed by atoms with E-state index in [0.29, 0.717) is 31.0 Å². The molecule has 1 aliphatic rings. The first-order chi connectivity index (χ1) is 11.8. The highest BCUT2D eigenvalue weighted by molar-refractivity contribution is 7.92. The van der Waals surface area contributed by atoms with Gasteiger partial charge in [0.05, 0.1) is 22.4 Å². The molecule has 1 aliphatic heterocycles. The van der Waals surface area contributed by atoms with Gasteiger partial charge in [-0.05, 0) is 62.5 Å². The molecule has 0 N–H and O–H groups in total. The molecule has 0 spiro atoms.